The number of hydrogen-bond donors (Lipinski definition) is 2. The van der Waals surface area contributed by atoms with E-state index in [1.54, 1.807) is 12.3 Å². The zero-order valence-electron chi connectivity index (χ0n) is 17.5. The summed E-state index contributed by atoms with van der Waals surface area (Å²) in [6, 6.07) is 9.85. The van der Waals surface area contributed by atoms with Crippen LogP contribution >= 0.6 is 0 Å². The van der Waals surface area contributed by atoms with Gasteiger partial charge in [0.2, 0.25) is 0 Å². The van der Waals surface area contributed by atoms with Crippen molar-refractivity contribution in [3.05, 3.63) is 59.0 Å². The van der Waals surface area contributed by atoms with Gasteiger partial charge in [0.1, 0.15) is 11.3 Å². The highest BCUT2D eigenvalue weighted by Crippen LogP contribution is 2.48. The van der Waals surface area contributed by atoms with Crippen molar-refractivity contribution in [2.75, 3.05) is 32.1 Å². The molecule has 3 aromatic rings. The van der Waals surface area contributed by atoms with Crippen molar-refractivity contribution >= 4 is 22.5 Å². The number of anilines is 1. The van der Waals surface area contributed by atoms with Crippen LogP contribution in [0.3, 0.4) is 0 Å². The lowest BCUT2D eigenvalue weighted by atomic mass is 9.98. The number of H-pyrrole nitrogens is 1. The Morgan fingerprint density at radius 3 is 2.73 bits per heavy atom. The predicted molar refractivity (Wildman–Crippen MR) is 115 cm³/mol. The molecule has 0 unspecified atom stereocenters. The van der Waals surface area contributed by atoms with Crippen LogP contribution in [0.1, 0.15) is 34.3 Å². The molecule has 2 aliphatic rings. The average Bonchev–Trinajstić information content (AvgIpc) is 3.25. The molecular weight excluding hydrogens is 381 g/mol. The van der Waals surface area contributed by atoms with E-state index in [-0.39, 0.29) is 11.7 Å². The Balaban J connectivity index is 1.40. The zero-order chi connectivity index (χ0) is 21.0. The second kappa shape index (κ2) is 6.80. The zero-order valence-corrected chi connectivity index (χ0v) is 17.5. The van der Waals surface area contributed by atoms with Gasteiger partial charge in [-0.2, -0.15) is 5.10 Å². The van der Waals surface area contributed by atoms with E-state index >= 15 is 0 Å². The molecule has 1 aromatic heterocycles. The summed E-state index contributed by atoms with van der Waals surface area (Å²) in [5, 5.41) is 10.7. The van der Waals surface area contributed by atoms with Crippen molar-refractivity contribution in [1.29, 1.82) is 0 Å². The van der Waals surface area contributed by atoms with Crippen LogP contribution in [0, 0.1) is 12.7 Å². The summed E-state index contributed by atoms with van der Waals surface area (Å²) in [7, 11) is 4.19. The molecule has 7 heteroatoms. The van der Waals surface area contributed by atoms with Crippen LogP contribution in [0.15, 0.2) is 36.5 Å². The number of benzene rings is 2. The van der Waals surface area contributed by atoms with Crippen LogP contribution in [-0.2, 0) is 5.54 Å². The molecule has 0 bridgehead atoms. The molecule has 0 spiro atoms. The van der Waals surface area contributed by atoms with Gasteiger partial charge < -0.3 is 15.1 Å². The first-order valence-corrected chi connectivity index (χ1v) is 10.3. The number of aromatic amines is 1. The molecule has 1 saturated carbocycles. The lowest BCUT2D eigenvalue weighted by Gasteiger charge is -2.44. The van der Waals surface area contributed by atoms with E-state index in [4.69, 9.17) is 0 Å². The summed E-state index contributed by atoms with van der Waals surface area (Å²) in [4.78, 5) is 17.8. The Hall–Kier alpha value is -2.93. The van der Waals surface area contributed by atoms with E-state index in [2.05, 4.69) is 45.5 Å². The fraction of sp³-hybridized carbons (Fsp3) is 0.391. The average molecular weight is 407 g/mol. The number of amides is 1. The fourth-order valence-electron chi connectivity index (χ4n) is 4.33. The molecule has 2 aromatic carbocycles. The molecule has 0 atom stereocenters. The summed E-state index contributed by atoms with van der Waals surface area (Å²) in [5.74, 6) is -0.417. The van der Waals surface area contributed by atoms with Crippen LogP contribution in [-0.4, -0.2) is 54.2 Å². The summed E-state index contributed by atoms with van der Waals surface area (Å²) in [6.07, 6.45) is 3.30. The Morgan fingerprint density at radius 2 is 2.03 bits per heavy atom. The Morgan fingerprint density at radius 1 is 1.27 bits per heavy atom. The normalized spacial score (nSPS) is 18.0. The van der Waals surface area contributed by atoms with Crippen LogP contribution in [0.5, 0.6) is 0 Å². The molecule has 0 radical (unpaired) electrons. The van der Waals surface area contributed by atoms with Gasteiger partial charge in [-0.25, -0.2) is 4.39 Å². The number of carbonyl (C=O) groups excluding carboxylic acids is 1. The smallest absolute Gasteiger partial charge is 0.252 e. The maximum absolute atomic E-state index is 14.1. The number of nitrogens with one attached hydrogen (secondary N) is 2. The van der Waals surface area contributed by atoms with Crippen molar-refractivity contribution in [1.82, 2.24) is 20.4 Å². The minimum Gasteiger partial charge on any atom is -0.368 e. The topological polar surface area (TPSA) is 64.3 Å². The first-order valence-electron chi connectivity index (χ1n) is 10.3. The first kappa shape index (κ1) is 19.1. The summed E-state index contributed by atoms with van der Waals surface area (Å²) >= 11 is 0. The van der Waals surface area contributed by atoms with Crippen LogP contribution in [0.2, 0.25) is 0 Å². The maximum atomic E-state index is 14.1. The number of carbonyl (C=O) groups is 1. The number of aromatic nitrogens is 2. The maximum Gasteiger partial charge on any atom is 0.252 e. The molecule has 2 heterocycles. The Bertz CT molecular complexity index is 1130. The Labute approximate surface area is 175 Å². The number of fused-ring (bicyclic) bond motifs is 1. The molecule has 5 rings (SSSR count). The number of hydrogen-bond acceptors (Lipinski definition) is 4. The van der Waals surface area contributed by atoms with Crippen LogP contribution < -0.4 is 10.2 Å². The van der Waals surface area contributed by atoms with Crippen molar-refractivity contribution in [2.45, 2.75) is 31.3 Å². The van der Waals surface area contributed by atoms with Gasteiger partial charge in [-0.15, -0.1) is 0 Å². The van der Waals surface area contributed by atoms with E-state index < -0.39 is 5.54 Å². The molecular formula is C23H26FN5O. The largest absolute Gasteiger partial charge is 0.368 e. The van der Waals surface area contributed by atoms with E-state index in [1.165, 1.54) is 6.07 Å². The molecule has 1 saturated heterocycles. The number of aryl methyl sites for hydroxylation is 1. The molecule has 6 nitrogen and oxygen atoms in total. The second-order valence-electron chi connectivity index (χ2n) is 8.81. The minimum atomic E-state index is -0.456. The SMILES string of the molecule is Cc1ccc(N2CC(N(C)C)C2)cc1C(=O)NC1(c2ccc(F)c3[nH]ncc23)CC1. The number of rotatable bonds is 5. The quantitative estimate of drug-likeness (QED) is 0.682. The molecule has 156 valence electrons. The summed E-state index contributed by atoms with van der Waals surface area (Å²) < 4.78 is 14.1. The lowest BCUT2D eigenvalue weighted by Crippen LogP contribution is -2.57. The molecule has 2 N–H and O–H groups in total. The van der Waals surface area contributed by atoms with Gasteiger partial charge in [0.15, 0.2) is 0 Å². The monoisotopic (exact) mass is 407 g/mol. The fourth-order valence-corrected chi connectivity index (χ4v) is 4.33. The molecule has 2 fully saturated rings. The van der Waals surface area contributed by atoms with Gasteiger partial charge in [-0.05, 0) is 63.2 Å². The number of nitrogens with zero attached hydrogens (tertiary/aromatic N) is 3. The van der Waals surface area contributed by atoms with Gasteiger partial charge in [0.25, 0.3) is 5.91 Å². The van der Waals surface area contributed by atoms with E-state index in [9.17, 15) is 9.18 Å². The standard InChI is InChI=1S/C23H26FN5O/c1-14-4-5-15(29-12-16(13-29)28(2)3)10-17(14)22(30)26-23(8-9-23)19-6-7-20(24)21-18(19)11-25-27-21/h4-7,10-11,16H,8-9,12-13H2,1-3H3,(H,25,27)(H,26,30). The number of likely N-dealkylation sites (N-methyl/N-ethyl adjacent to an activating group) is 1. The van der Waals surface area contributed by atoms with Crippen molar-refractivity contribution < 1.29 is 9.18 Å². The molecule has 1 aliphatic heterocycles. The van der Waals surface area contributed by atoms with Gasteiger partial charge in [-0.3, -0.25) is 9.89 Å². The summed E-state index contributed by atoms with van der Waals surface area (Å²) in [6.45, 7) is 3.90. The molecule has 30 heavy (non-hydrogen) atoms. The predicted octanol–water partition coefficient (Wildman–Crippen LogP) is 3.18. The third-order valence-electron chi connectivity index (χ3n) is 6.61. The number of halogens is 1. The highest BCUT2D eigenvalue weighted by Gasteiger charge is 2.47. The lowest BCUT2D eigenvalue weighted by molar-refractivity contribution is 0.0930. The van der Waals surface area contributed by atoms with Crippen molar-refractivity contribution in [2.24, 2.45) is 0 Å². The first-order chi connectivity index (χ1) is 14.4. The van der Waals surface area contributed by atoms with Gasteiger partial charge in [-0.1, -0.05) is 12.1 Å². The molecule has 1 amide bonds. The van der Waals surface area contributed by atoms with Gasteiger partial charge >= 0.3 is 0 Å². The van der Waals surface area contributed by atoms with Gasteiger partial charge in [0.05, 0.1) is 11.7 Å². The molecule has 1 aliphatic carbocycles. The van der Waals surface area contributed by atoms with E-state index in [0.717, 1.165) is 48.1 Å². The second-order valence-corrected chi connectivity index (χ2v) is 8.81. The summed E-state index contributed by atoms with van der Waals surface area (Å²) in [5.41, 5.74) is 3.57. The van der Waals surface area contributed by atoms with Crippen LogP contribution in [0.4, 0.5) is 10.1 Å². The van der Waals surface area contributed by atoms with Crippen molar-refractivity contribution in [3.8, 4) is 0 Å². The Kier molecular flexibility index (Phi) is 4.32. The third-order valence-corrected chi connectivity index (χ3v) is 6.61. The minimum absolute atomic E-state index is 0.0856. The third kappa shape index (κ3) is 3.04. The van der Waals surface area contributed by atoms with Crippen molar-refractivity contribution in [3.63, 3.8) is 0 Å². The van der Waals surface area contributed by atoms with E-state index in [1.807, 2.05) is 19.1 Å². The van der Waals surface area contributed by atoms with Gasteiger partial charge in [0, 0.05) is 35.8 Å². The van der Waals surface area contributed by atoms with Crippen LogP contribution in [0.25, 0.3) is 10.9 Å². The highest BCUT2D eigenvalue weighted by atomic mass is 19.1. The van der Waals surface area contributed by atoms with E-state index in [0.29, 0.717) is 17.1 Å². The highest BCUT2D eigenvalue weighted by molar-refractivity contribution is 5.98.